The van der Waals surface area contributed by atoms with E-state index in [1.54, 1.807) is 24.5 Å². The quantitative estimate of drug-likeness (QED) is 0.363. The molecule has 6 rings (SSSR count). The number of piperazine rings is 1. The number of amides is 2. The summed E-state index contributed by atoms with van der Waals surface area (Å²) in [4.78, 5) is 39.0. The number of anilines is 2. The van der Waals surface area contributed by atoms with Crippen LogP contribution in [0.1, 0.15) is 16.7 Å². The highest BCUT2D eigenvalue weighted by atomic mass is 35.5. The van der Waals surface area contributed by atoms with Gasteiger partial charge in [0.15, 0.2) is 0 Å². The number of benzene rings is 3. The van der Waals surface area contributed by atoms with Crippen LogP contribution in [0.15, 0.2) is 73.1 Å². The highest BCUT2D eigenvalue weighted by Gasteiger charge is 2.29. The molecule has 0 atom stereocenters. The molecule has 1 aromatic heterocycles. The van der Waals surface area contributed by atoms with Crippen molar-refractivity contribution in [2.24, 2.45) is 0 Å². The van der Waals surface area contributed by atoms with Crippen molar-refractivity contribution in [3.05, 3.63) is 94.8 Å². The summed E-state index contributed by atoms with van der Waals surface area (Å²) in [5.41, 5.74) is 6.61. The SMILES string of the molecule is CN1CCN(C(=O)Cc2ccc(N/C(=C3\C(=O)Nc4cc(Cl)ccc43)c3ccc4nccnc4c3)cc2)CC1. The minimum atomic E-state index is -0.219. The molecule has 1 fully saturated rings. The van der Waals surface area contributed by atoms with Gasteiger partial charge in [-0.3, -0.25) is 19.6 Å². The Balaban J connectivity index is 1.32. The first kappa shape index (κ1) is 25.0. The van der Waals surface area contributed by atoms with Crippen LogP contribution in [0.4, 0.5) is 11.4 Å². The van der Waals surface area contributed by atoms with Gasteiger partial charge in [-0.15, -0.1) is 0 Å². The zero-order valence-corrected chi connectivity index (χ0v) is 22.2. The summed E-state index contributed by atoms with van der Waals surface area (Å²) in [6, 6.07) is 18.9. The molecule has 2 N–H and O–H groups in total. The average molecular weight is 539 g/mol. The summed E-state index contributed by atoms with van der Waals surface area (Å²) in [5, 5.41) is 6.95. The van der Waals surface area contributed by atoms with Crippen LogP contribution >= 0.6 is 11.6 Å². The number of nitrogens with zero attached hydrogens (tertiary/aromatic N) is 4. The van der Waals surface area contributed by atoms with Crippen molar-refractivity contribution in [3.63, 3.8) is 0 Å². The molecule has 3 heterocycles. The predicted octanol–water partition coefficient (Wildman–Crippen LogP) is 4.53. The third kappa shape index (κ3) is 5.21. The summed E-state index contributed by atoms with van der Waals surface area (Å²) in [7, 11) is 2.07. The zero-order chi connectivity index (χ0) is 26.9. The third-order valence-electron chi connectivity index (χ3n) is 7.17. The van der Waals surface area contributed by atoms with Crippen LogP contribution in [0.25, 0.3) is 22.3 Å². The van der Waals surface area contributed by atoms with E-state index >= 15 is 0 Å². The number of hydrogen-bond donors (Lipinski definition) is 2. The van der Waals surface area contributed by atoms with Crippen LogP contribution in [0.5, 0.6) is 0 Å². The number of likely N-dealkylation sites (N-methyl/N-ethyl adjacent to an activating group) is 1. The molecule has 1 saturated heterocycles. The summed E-state index contributed by atoms with van der Waals surface area (Å²) >= 11 is 6.19. The van der Waals surface area contributed by atoms with E-state index in [0.717, 1.165) is 59.6 Å². The second kappa shape index (κ2) is 10.5. The fraction of sp³-hybridized carbons (Fsp3) is 0.200. The summed E-state index contributed by atoms with van der Waals surface area (Å²) < 4.78 is 0. The fourth-order valence-corrected chi connectivity index (χ4v) is 5.16. The molecule has 2 aliphatic rings. The number of hydrogen-bond acceptors (Lipinski definition) is 6. The lowest BCUT2D eigenvalue weighted by molar-refractivity contribution is -0.132. The van der Waals surface area contributed by atoms with E-state index in [1.165, 1.54) is 0 Å². The molecule has 0 saturated carbocycles. The lowest BCUT2D eigenvalue weighted by Crippen LogP contribution is -2.47. The van der Waals surface area contributed by atoms with Gasteiger partial charge in [0, 0.05) is 60.4 Å². The summed E-state index contributed by atoms with van der Waals surface area (Å²) in [6.07, 6.45) is 3.66. The van der Waals surface area contributed by atoms with Crippen LogP contribution in [-0.2, 0) is 16.0 Å². The molecule has 0 unspecified atom stereocenters. The maximum absolute atomic E-state index is 13.2. The Morgan fingerprint density at radius 1 is 0.949 bits per heavy atom. The molecule has 8 nitrogen and oxygen atoms in total. The Morgan fingerprint density at radius 3 is 2.46 bits per heavy atom. The van der Waals surface area contributed by atoms with Gasteiger partial charge in [0.2, 0.25) is 5.91 Å². The van der Waals surface area contributed by atoms with E-state index in [4.69, 9.17) is 11.6 Å². The number of aromatic nitrogens is 2. The first-order valence-electron chi connectivity index (χ1n) is 12.8. The van der Waals surface area contributed by atoms with E-state index in [0.29, 0.717) is 28.4 Å². The van der Waals surface area contributed by atoms with E-state index in [1.807, 2.05) is 53.4 Å². The average Bonchev–Trinajstić information content (AvgIpc) is 3.27. The van der Waals surface area contributed by atoms with Gasteiger partial charge in [-0.1, -0.05) is 35.9 Å². The third-order valence-corrected chi connectivity index (χ3v) is 7.40. The van der Waals surface area contributed by atoms with E-state index in [-0.39, 0.29) is 11.8 Å². The Kier molecular flexibility index (Phi) is 6.72. The minimum Gasteiger partial charge on any atom is -0.354 e. The molecule has 0 spiro atoms. The Labute approximate surface area is 231 Å². The molecule has 3 aromatic carbocycles. The predicted molar refractivity (Wildman–Crippen MR) is 154 cm³/mol. The standard InChI is InChI=1S/C30H27ClN6O2/c1-36-12-14-37(15-13-36)27(38)16-19-2-6-22(7-3-19)34-29(20-4-9-24-26(17-20)33-11-10-32-24)28-23-8-5-21(31)18-25(23)35-30(28)39/h2-11,17-18,34H,12-16H2,1H3,(H,35,39)/b29-28-. The monoisotopic (exact) mass is 538 g/mol. The minimum absolute atomic E-state index is 0.141. The molecular weight excluding hydrogens is 512 g/mol. The van der Waals surface area contributed by atoms with Gasteiger partial charge in [0.1, 0.15) is 0 Å². The van der Waals surface area contributed by atoms with Gasteiger partial charge < -0.3 is 20.4 Å². The molecule has 2 aliphatic heterocycles. The largest absolute Gasteiger partial charge is 0.354 e. The molecule has 0 aliphatic carbocycles. The second-order valence-corrected chi connectivity index (χ2v) is 10.3. The molecule has 0 radical (unpaired) electrons. The van der Waals surface area contributed by atoms with Crippen molar-refractivity contribution in [1.29, 1.82) is 0 Å². The van der Waals surface area contributed by atoms with Gasteiger partial charge in [-0.2, -0.15) is 0 Å². The number of nitrogens with one attached hydrogen (secondary N) is 2. The van der Waals surface area contributed by atoms with Gasteiger partial charge >= 0.3 is 0 Å². The Hall–Kier alpha value is -4.27. The van der Waals surface area contributed by atoms with Crippen molar-refractivity contribution in [1.82, 2.24) is 19.8 Å². The van der Waals surface area contributed by atoms with E-state index in [9.17, 15) is 9.59 Å². The smallest absolute Gasteiger partial charge is 0.258 e. The molecule has 4 aromatic rings. The lowest BCUT2D eigenvalue weighted by Gasteiger charge is -2.32. The fourth-order valence-electron chi connectivity index (χ4n) is 4.98. The van der Waals surface area contributed by atoms with Crippen molar-refractivity contribution in [2.75, 3.05) is 43.9 Å². The van der Waals surface area contributed by atoms with Crippen LogP contribution < -0.4 is 10.6 Å². The molecule has 2 amide bonds. The molecular formula is C30H27ClN6O2. The zero-order valence-electron chi connectivity index (χ0n) is 21.4. The maximum atomic E-state index is 13.2. The first-order chi connectivity index (χ1) is 18.9. The van der Waals surface area contributed by atoms with Crippen LogP contribution in [0.2, 0.25) is 5.02 Å². The molecule has 9 heteroatoms. The maximum Gasteiger partial charge on any atom is 0.258 e. The van der Waals surface area contributed by atoms with Crippen molar-refractivity contribution in [3.8, 4) is 0 Å². The van der Waals surface area contributed by atoms with Crippen molar-refractivity contribution >= 4 is 57.1 Å². The molecule has 0 bridgehead atoms. The number of fused-ring (bicyclic) bond motifs is 2. The number of carbonyl (C=O) groups excluding carboxylic acids is 2. The Bertz CT molecular complexity index is 1610. The van der Waals surface area contributed by atoms with Crippen LogP contribution in [-0.4, -0.2) is 64.8 Å². The van der Waals surface area contributed by atoms with Gasteiger partial charge in [-0.25, -0.2) is 0 Å². The normalized spacial score (nSPS) is 16.7. The highest BCUT2D eigenvalue weighted by Crippen LogP contribution is 2.39. The number of carbonyl (C=O) groups is 2. The highest BCUT2D eigenvalue weighted by molar-refractivity contribution is 6.38. The number of halogens is 1. The van der Waals surface area contributed by atoms with Crippen LogP contribution in [0, 0.1) is 0 Å². The van der Waals surface area contributed by atoms with Gasteiger partial charge in [0.25, 0.3) is 5.91 Å². The lowest BCUT2D eigenvalue weighted by atomic mass is 9.99. The van der Waals surface area contributed by atoms with E-state index in [2.05, 4.69) is 32.5 Å². The Morgan fingerprint density at radius 2 is 1.69 bits per heavy atom. The second-order valence-electron chi connectivity index (χ2n) is 9.84. The first-order valence-corrected chi connectivity index (χ1v) is 13.2. The van der Waals surface area contributed by atoms with Crippen molar-refractivity contribution < 1.29 is 9.59 Å². The van der Waals surface area contributed by atoms with Crippen molar-refractivity contribution in [2.45, 2.75) is 6.42 Å². The number of rotatable bonds is 5. The topological polar surface area (TPSA) is 90.5 Å². The summed E-state index contributed by atoms with van der Waals surface area (Å²) in [5.74, 6) is -0.0785. The molecule has 39 heavy (non-hydrogen) atoms. The summed E-state index contributed by atoms with van der Waals surface area (Å²) in [6.45, 7) is 3.32. The van der Waals surface area contributed by atoms with Gasteiger partial charge in [0.05, 0.1) is 34.4 Å². The van der Waals surface area contributed by atoms with Crippen LogP contribution in [0.3, 0.4) is 0 Å². The molecule has 196 valence electrons. The van der Waals surface area contributed by atoms with E-state index < -0.39 is 0 Å². The van der Waals surface area contributed by atoms with Gasteiger partial charge in [-0.05, 0) is 49.0 Å².